The molecule has 0 atom stereocenters. The van der Waals surface area contributed by atoms with E-state index in [0.717, 1.165) is 0 Å². The fourth-order valence-corrected chi connectivity index (χ4v) is 0.768. The van der Waals surface area contributed by atoms with Crippen LogP contribution >= 0.6 is 0 Å². The van der Waals surface area contributed by atoms with Crippen LogP contribution in [-0.4, -0.2) is 6.18 Å². The zero-order valence-electron chi connectivity index (χ0n) is 8.02. The van der Waals surface area contributed by atoms with Gasteiger partial charge in [0.2, 0.25) is 0 Å². The van der Waals surface area contributed by atoms with Crippen LogP contribution in [0.25, 0.3) is 5.57 Å². The summed E-state index contributed by atoms with van der Waals surface area (Å²) >= 11 is 0. The molecule has 12 heavy (non-hydrogen) atoms. The van der Waals surface area contributed by atoms with Crippen molar-refractivity contribution in [3.63, 3.8) is 0 Å². The van der Waals surface area contributed by atoms with Crippen LogP contribution in [0.4, 0.5) is 13.2 Å². The van der Waals surface area contributed by atoms with Crippen molar-refractivity contribution in [3.8, 4) is 0 Å². The van der Waals surface area contributed by atoms with Gasteiger partial charge in [0.1, 0.15) is 0 Å². The van der Waals surface area contributed by atoms with Gasteiger partial charge in [-0.25, -0.2) is 0 Å². The molecule has 64 valence electrons. The van der Waals surface area contributed by atoms with Crippen LogP contribution in [0.2, 0.25) is 0 Å². The minimum absolute atomic E-state index is 0.153. The molecule has 0 heterocycles. The number of alkyl halides is 3. The van der Waals surface area contributed by atoms with Crippen LogP contribution in [-0.2, 0) is 0 Å². The second-order valence-electron chi connectivity index (χ2n) is 2.24. The Balaban J connectivity index is 3.24. The Kier molecular flexibility index (Phi) is 1.58. The summed E-state index contributed by atoms with van der Waals surface area (Å²) in [6, 6.07) is 6.90. The summed E-state index contributed by atoms with van der Waals surface area (Å²) in [5.74, 6) is 0. The standard InChI is InChI=1S/C9H7F3/c1-7(9(10,11)12)8-5-3-2-4-6-8/h2-6H,1H2/i1D2. The Morgan fingerprint density at radius 3 is 2.25 bits per heavy atom. The van der Waals surface area contributed by atoms with Crippen molar-refractivity contribution in [2.45, 2.75) is 6.18 Å². The van der Waals surface area contributed by atoms with Crippen molar-refractivity contribution in [3.05, 3.63) is 42.4 Å². The average Bonchev–Trinajstić information content (AvgIpc) is 2.02. The molecule has 0 N–H and O–H groups in total. The van der Waals surface area contributed by atoms with Gasteiger partial charge in [-0.1, -0.05) is 36.9 Å². The maximum atomic E-state index is 12.4. The lowest BCUT2D eigenvalue weighted by molar-refractivity contribution is -0.0686. The molecule has 0 nitrogen and oxygen atoms in total. The van der Waals surface area contributed by atoms with E-state index in [2.05, 4.69) is 0 Å². The van der Waals surface area contributed by atoms with Crippen molar-refractivity contribution < 1.29 is 15.9 Å². The van der Waals surface area contributed by atoms with Gasteiger partial charge in [-0.05, 0) is 5.56 Å². The molecule has 0 saturated carbocycles. The van der Waals surface area contributed by atoms with E-state index >= 15 is 0 Å². The summed E-state index contributed by atoms with van der Waals surface area (Å²) in [6.07, 6.45) is -4.65. The molecule has 0 aromatic heterocycles. The van der Waals surface area contributed by atoms with Crippen LogP contribution in [0.15, 0.2) is 36.9 Å². The van der Waals surface area contributed by atoms with Crippen LogP contribution in [0.3, 0.4) is 0 Å². The van der Waals surface area contributed by atoms with Gasteiger partial charge < -0.3 is 0 Å². The molecule has 1 rings (SSSR count). The van der Waals surface area contributed by atoms with Crippen molar-refractivity contribution in [1.82, 2.24) is 0 Å². The molecule has 0 saturated heterocycles. The molecule has 0 spiro atoms. The topological polar surface area (TPSA) is 0 Å². The summed E-state index contributed by atoms with van der Waals surface area (Å²) in [7, 11) is 0. The zero-order valence-corrected chi connectivity index (χ0v) is 6.02. The van der Waals surface area contributed by atoms with E-state index in [1.807, 2.05) is 0 Å². The molecule has 1 aromatic carbocycles. The first-order chi connectivity index (χ1) is 6.43. The molecule has 3 heteroatoms. The van der Waals surface area contributed by atoms with E-state index in [1.54, 1.807) is 6.07 Å². The number of hydrogen-bond acceptors (Lipinski definition) is 0. The molecular formula is C9H7F3. The number of rotatable bonds is 1. The van der Waals surface area contributed by atoms with Gasteiger partial charge in [0.25, 0.3) is 0 Å². The highest BCUT2D eigenvalue weighted by Gasteiger charge is 2.32. The zero-order chi connectivity index (χ0) is 10.8. The number of allylic oxidation sites excluding steroid dienone is 1. The molecule has 1 aromatic rings. The molecule has 0 amide bonds. The second-order valence-corrected chi connectivity index (χ2v) is 2.24. The van der Waals surface area contributed by atoms with Gasteiger partial charge in [-0.2, -0.15) is 13.2 Å². The Labute approximate surface area is 71.1 Å². The maximum Gasteiger partial charge on any atom is 0.416 e. The van der Waals surface area contributed by atoms with E-state index in [1.165, 1.54) is 24.3 Å². The molecule has 0 aliphatic heterocycles. The van der Waals surface area contributed by atoms with E-state index in [9.17, 15) is 13.2 Å². The lowest BCUT2D eigenvalue weighted by atomic mass is 10.1. The smallest absolute Gasteiger partial charge is 0.166 e. The third-order valence-corrected chi connectivity index (χ3v) is 1.35. The Morgan fingerprint density at radius 1 is 1.25 bits per heavy atom. The van der Waals surface area contributed by atoms with Gasteiger partial charge in [0, 0.05) is 0 Å². The highest BCUT2D eigenvalue weighted by atomic mass is 19.4. The van der Waals surface area contributed by atoms with Crippen molar-refractivity contribution in [1.29, 1.82) is 0 Å². The number of hydrogen-bond donors (Lipinski definition) is 0. The van der Waals surface area contributed by atoms with Crippen molar-refractivity contribution in [2.24, 2.45) is 0 Å². The van der Waals surface area contributed by atoms with Crippen LogP contribution in [0.1, 0.15) is 8.30 Å². The molecule has 0 radical (unpaired) electrons. The summed E-state index contributed by atoms with van der Waals surface area (Å²) in [5.41, 5.74) is -1.36. The van der Waals surface area contributed by atoms with E-state index in [4.69, 9.17) is 2.74 Å². The summed E-state index contributed by atoms with van der Waals surface area (Å²) < 4.78 is 50.6. The van der Waals surface area contributed by atoms with E-state index in [0.29, 0.717) is 0 Å². The maximum absolute atomic E-state index is 12.4. The molecular weight excluding hydrogens is 165 g/mol. The first kappa shape index (κ1) is 6.29. The van der Waals surface area contributed by atoms with Crippen LogP contribution in [0, 0.1) is 0 Å². The largest absolute Gasteiger partial charge is 0.416 e. The number of halogens is 3. The predicted octanol–water partition coefficient (Wildman–Crippen LogP) is 3.26. The SMILES string of the molecule is [2H]C([2H])=C(c1ccccc1)C(F)(F)F. The average molecular weight is 174 g/mol. The summed E-state index contributed by atoms with van der Waals surface area (Å²) in [5, 5.41) is 0. The molecule has 0 aliphatic rings. The summed E-state index contributed by atoms with van der Waals surface area (Å²) in [6.45, 7) is -1.22. The quantitative estimate of drug-likeness (QED) is 0.613. The third kappa shape index (κ3) is 1.87. The van der Waals surface area contributed by atoms with Gasteiger partial charge in [-0.3, -0.25) is 0 Å². The molecule has 0 bridgehead atoms. The highest BCUT2D eigenvalue weighted by Crippen LogP contribution is 2.31. The lowest BCUT2D eigenvalue weighted by Crippen LogP contribution is -2.09. The first-order valence-electron chi connectivity index (χ1n) is 4.23. The van der Waals surface area contributed by atoms with Gasteiger partial charge in [-0.15, -0.1) is 0 Å². The van der Waals surface area contributed by atoms with Gasteiger partial charge >= 0.3 is 6.18 Å². The lowest BCUT2D eigenvalue weighted by Gasteiger charge is -2.08. The Bertz CT molecular complexity index is 337. The minimum atomic E-state index is -4.65. The van der Waals surface area contributed by atoms with E-state index < -0.39 is 18.3 Å². The molecule has 0 fully saturated rings. The van der Waals surface area contributed by atoms with Crippen LogP contribution in [0.5, 0.6) is 0 Å². The monoisotopic (exact) mass is 174 g/mol. The highest BCUT2D eigenvalue weighted by molar-refractivity contribution is 5.67. The van der Waals surface area contributed by atoms with E-state index in [-0.39, 0.29) is 5.56 Å². The van der Waals surface area contributed by atoms with Crippen molar-refractivity contribution >= 4 is 5.57 Å². The van der Waals surface area contributed by atoms with Crippen molar-refractivity contribution in [2.75, 3.05) is 0 Å². The van der Waals surface area contributed by atoms with Gasteiger partial charge in [0.15, 0.2) is 0 Å². The third-order valence-electron chi connectivity index (χ3n) is 1.35. The van der Waals surface area contributed by atoms with Gasteiger partial charge in [0.05, 0.1) is 8.31 Å². The molecule has 0 aliphatic carbocycles. The Morgan fingerprint density at radius 2 is 1.83 bits per heavy atom. The number of benzene rings is 1. The normalized spacial score (nSPS) is 13.2. The second kappa shape index (κ2) is 3.01. The summed E-state index contributed by atoms with van der Waals surface area (Å²) in [4.78, 5) is 0. The van der Waals surface area contributed by atoms with Crippen LogP contribution < -0.4 is 0 Å². The predicted molar refractivity (Wildman–Crippen MR) is 41.5 cm³/mol. The minimum Gasteiger partial charge on any atom is -0.166 e. The first-order valence-corrected chi connectivity index (χ1v) is 3.23. The Hall–Kier alpha value is -1.25. The fourth-order valence-electron chi connectivity index (χ4n) is 0.768. The fraction of sp³-hybridized carbons (Fsp3) is 0.111. The molecule has 0 unspecified atom stereocenters.